The minimum atomic E-state index is -0.717. The van der Waals surface area contributed by atoms with Crippen molar-refractivity contribution >= 4 is 24.2 Å². The van der Waals surface area contributed by atoms with Crippen LogP contribution in [0.1, 0.15) is 55.3 Å². The Morgan fingerprint density at radius 2 is 1.69 bits per heavy atom. The van der Waals surface area contributed by atoms with Gasteiger partial charge in [0.1, 0.15) is 0 Å². The van der Waals surface area contributed by atoms with Crippen molar-refractivity contribution in [3.8, 4) is 11.5 Å². The number of carbonyl (C=O) groups excluding carboxylic acids is 2. The average molecular weight is 426 g/mol. The summed E-state index contributed by atoms with van der Waals surface area (Å²) in [4.78, 5) is 27.3. The highest BCUT2D eigenvalue weighted by molar-refractivity contribution is 5.95. The van der Waals surface area contributed by atoms with E-state index in [2.05, 4.69) is 5.32 Å². The van der Waals surface area contributed by atoms with Crippen molar-refractivity contribution < 1.29 is 19.1 Å². The molecule has 1 aliphatic heterocycles. The lowest BCUT2D eigenvalue weighted by molar-refractivity contribution is -0.128. The van der Waals surface area contributed by atoms with Gasteiger partial charge in [-0.05, 0) is 43.9 Å². The Morgan fingerprint density at radius 1 is 1.07 bits per heavy atom. The van der Waals surface area contributed by atoms with Crippen molar-refractivity contribution in [2.75, 3.05) is 27.3 Å². The fraction of sp³-hybridized carbons (Fsp3) is 0.619. The van der Waals surface area contributed by atoms with Gasteiger partial charge >= 0.3 is 0 Å². The summed E-state index contributed by atoms with van der Waals surface area (Å²) < 4.78 is 10.5. The fourth-order valence-electron chi connectivity index (χ4n) is 4.12. The lowest BCUT2D eigenvalue weighted by atomic mass is 9.81. The molecule has 1 aromatic rings. The molecular formula is C21H32ClN3O4. The summed E-state index contributed by atoms with van der Waals surface area (Å²) in [6, 6.07) is 5.27. The first-order chi connectivity index (χ1) is 13.5. The maximum atomic E-state index is 12.8. The standard InChI is InChI=1S/C21H31N3O4.ClH/c1-27-17-7-6-15(14-18(17)28-2)19(25)24-12-8-16(9-13-24)23-20(26)21(22)10-4-3-5-11-21;/h6-7,14,16H,3-5,8-13,22H2,1-2H3,(H,23,26);1H. The molecule has 2 amide bonds. The van der Waals surface area contributed by atoms with E-state index in [4.69, 9.17) is 15.2 Å². The number of likely N-dealkylation sites (tertiary alicyclic amines) is 1. The average Bonchev–Trinajstić information content (AvgIpc) is 2.73. The van der Waals surface area contributed by atoms with Crippen LogP contribution in [-0.4, -0.2) is 55.6 Å². The third-order valence-electron chi connectivity index (χ3n) is 5.95. The third kappa shape index (κ3) is 5.34. The van der Waals surface area contributed by atoms with Crippen LogP contribution in [0.3, 0.4) is 0 Å². The summed E-state index contributed by atoms with van der Waals surface area (Å²) in [5, 5.41) is 3.12. The maximum Gasteiger partial charge on any atom is 0.253 e. The second-order valence-corrected chi connectivity index (χ2v) is 7.83. The van der Waals surface area contributed by atoms with Gasteiger partial charge in [0.15, 0.2) is 11.5 Å². The van der Waals surface area contributed by atoms with Gasteiger partial charge < -0.3 is 25.4 Å². The quantitative estimate of drug-likeness (QED) is 0.755. The van der Waals surface area contributed by atoms with Gasteiger partial charge in [0.05, 0.1) is 19.8 Å². The van der Waals surface area contributed by atoms with Crippen LogP contribution in [0, 0.1) is 0 Å². The molecule has 8 heteroatoms. The van der Waals surface area contributed by atoms with Gasteiger partial charge in [-0.3, -0.25) is 9.59 Å². The Kier molecular flexibility index (Phi) is 8.16. The summed E-state index contributed by atoms with van der Waals surface area (Å²) in [5.41, 5.74) is 6.18. The number of hydrogen-bond donors (Lipinski definition) is 2. The number of benzene rings is 1. The molecule has 1 aromatic carbocycles. The summed E-state index contributed by atoms with van der Waals surface area (Å²) in [6.45, 7) is 1.21. The third-order valence-corrected chi connectivity index (χ3v) is 5.95. The van der Waals surface area contributed by atoms with Crippen LogP contribution in [-0.2, 0) is 4.79 Å². The van der Waals surface area contributed by atoms with Gasteiger partial charge in [-0.1, -0.05) is 19.3 Å². The van der Waals surface area contributed by atoms with Crippen LogP contribution in [0.5, 0.6) is 11.5 Å². The van der Waals surface area contributed by atoms with Gasteiger partial charge in [0, 0.05) is 24.7 Å². The second kappa shape index (κ2) is 10.2. The number of carbonyl (C=O) groups is 2. The molecule has 0 radical (unpaired) electrons. The van der Waals surface area contributed by atoms with E-state index in [0.717, 1.165) is 44.9 Å². The normalized spacial score (nSPS) is 19.1. The van der Waals surface area contributed by atoms with E-state index in [0.29, 0.717) is 30.2 Å². The molecule has 1 saturated carbocycles. The summed E-state index contributed by atoms with van der Waals surface area (Å²) >= 11 is 0. The van der Waals surface area contributed by atoms with Crippen molar-refractivity contribution in [2.24, 2.45) is 5.73 Å². The van der Waals surface area contributed by atoms with Crippen LogP contribution < -0.4 is 20.5 Å². The Labute approximate surface area is 178 Å². The summed E-state index contributed by atoms with van der Waals surface area (Å²) in [6.07, 6.45) is 6.18. The van der Waals surface area contributed by atoms with Crippen LogP contribution in [0.4, 0.5) is 0 Å². The number of halogens is 1. The highest BCUT2D eigenvalue weighted by atomic mass is 35.5. The Hall–Kier alpha value is -1.99. The van der Waals surface area contributed by atoms with Gasteiger partial charge in [-0.25, -0.2) is 0 Å². The van der Waals surface area contributed by atoms with E-state index in [9.17, 15) is 9.59 Å². The summed E-state index contributed by atoms with van der Waals surface area (Å²) in [7, 11) is 3.12. The van der Waals surface area contributed by atoms with Crippen molar-refractivity contribution in [3.63, 3.8) is 0 Å². The molecule has 3 rings (SSSR count). The highest BCUT2D eigenvalue weighted by Gasteiger charge is 2.37. The SMILES string of the molecule is COc1ccc(C(=O)N2CCC(NC(=O)C3(N)CCCCC3)CC2)cc1OC.Cl. The smallest absolute Gasteiger partial charge is 0.253 e. The zero-order valence-electron chi connectivity index (χ0n) is 17.2. The molecule has 0 bridgehead atoms. The molecule has 1 saturated heterocycles. The number of methoxy groups -OCH3 is 2. The van der Waals surface area contributed by atoms with Gasteiger partial charge in [0.2, 0.25) is 5.91 Å². The first-order valence-electron chi connectivity index (χ1n) is 10.1. The van der Waals surface area contributed by atoms with E-state index >= 15 is 0 Å². The van der Waals surface area contributed by atoms with E-state index in [1.807, 2.05) is 4.90 Å². The first kappa shape index (κ1) is 23.3. The molecule has 1 heterocycles. The number of ether oxygens (including phenoxy) is 2. The number of amides is 2. The number of nitrogens with one attached hydrogen (secondary N) is 1. The van der Waals surface area contributed by atoms with Gasteiger partial charge in [-0.15, -0.1) is 12.4 Å². The fourth-order valence-corrected chi connectivity index (χ4v) is 4.12. The zero-order chi connectivity index (χ0) is 20.1. The molecule has 2 fully saturated rings. The highest BCUT2D eigenvalue weighted by Crippen LogP contribution is 2.29. The van der Waals surface area contributed by atoms with Crippen LogP contribution >= 0.6 is 12.4 Å². The summed E-state index contributed by atoms with van der Waals surface area (Å²) in [5.74, 6) is 1.07. The molecule has 29 heavy (non-hydrogen) atoms. The number of nitrogens with zero attached hydrogens (tertiary/aromatic N) is 1. The van der Waals surface area contributed by atoms with Crippen LogP contribution in [0.2, 0.25) is 0 Å². The maximum absolute atomic E-state index is 12.8. The lowest BCUT2D eigenvalue weighted by Gasteiger charge is -2.36. The molecule has 3 N–H and O–H groups in total. The zero-order valence-corrected chi connectivity index (χ0v) is 18.1. The second-order valence-electron chi connectivity index (χ2n) is 7.83. The van der Waals surface area contributed by atoms with Crippen LogP contribution in [0.25, 0.3) is 0 Å². The van der Waals surface area contributed by atoms with Gasteiger partial charge in [0.25, 0.3) is 5.91 Å². The Bertz CT molecular complexity index is 714. The molecule has 0 aromatic heterocycles. The number of piperidine rings is 1. The first-order valence-corrected chi connectivity index (χ1v) is 10.1. The molecule has 0 spiro atoms. The van der Waals surface area contributed by atoms with Crippen molar-refractivity contribution in [3.05, 3.63) is 23.8 Å². The molecular weight excluding hydrogens is 394 g/mol. The largest absolute Gasteiger partial charge is 0.493 e. The molecule has 0 atom stereocenters. The lowest BCUT2D eigenvalue weighted by Crippen LogP contribution is -2.58. The van der Waals surface area contributed by atoms with Crippen molar-refractivity contribution in [1.82, 2.24) is 10.2 Å². The number of nitrogens with two attached hydrogens (primary N) is 1. The minimum Gasteiger partial charge on any atom is -0.493 e. The molecule has 0 unspecified atom stereocenters. The van der Waals surface area contributed by atoms with Gasteiger partial charge in [-0.2, -0.15) is 0 Å². The number of hydrogen-bond acceptors (Lipinski definition) is 5. The van der Waals surface area contributed by atoms with E-state index < -0.39 is 5.54 Å². The minimum absolute atomic E-state index is 0. The van der Waals surface area contributed by atoms with Crippen molar-refractivity contribution in [1.29, 1.82) is 0 Å². The molecule has 162 valence electrons. The van der Waals surface area contributed by atoms with E-state index in [1.54, 1.807) is 32.4 Å². The molecule has 7 nitrogen and oxygen atoms in total. The number of rotatable bonds is 5. The monoisotopic (exact) mass is 425 g/mol. The Balaban J connectivity index is 0.00000300. The van der Waals surface area contributed by atoms with Crippen molar-refractivity contribution in [2.45, 2.75) is 56.5 Å². The van der Waals surface area contributed by atoms with E-state index in [-0.39, 0.29) is 30.3 Å². The van der Waals surface area contributed by atoms with Crippen LogP contribution in [0.15, 0.2) is 18.2 Å². The van der Waals surface area contributed by atoms with E-state index in [1.165, 1.54) is 0 Å². The molecule has 1 aliphatic carbocycles. The Morgan fingerprint density at radius 3 is 2.28 bits per heavy atom. The topological polar surface area (TPSA) is 93.9 Å². The predicted octanol–water partition coefficient (Wildman–Crippen LogP) is 2.51. The predicted molar refractivity (Wildman–Crippen MR) is 114 cm³/mol. The molecule has 2 aliphatic rings.